The van der Waals surface area contributed by atoms with Crippen molar-refractivity contribution in [2.75, 3.05) is 0 Å². The lowest BCUT2D eigenvalue weighted by Gasteiger charge is -2.59. The molecule has 0 bridgehead atoms. The first-order valence-electron chi connectivity index (χ1n) is 13.7. The summed E-state index contributed by atoms with van der Waals surface area (Å²) in [5.41, 5.74) is 4.45. The number of hydrogen-bond donors (Lipinski definition) is 1. The van der Waals surface area contributed by atoms with Crippen LogP contribution < -0.4 is 0 Å². The molecular weight excluding hydrogens is 376 g/mol. The largest absolute Gasteiger partial charge is 0.393 e. The molecule has 0 heterocycles. The van der Waals surface area contributed by atoms with Crippen molar-refractivity contribution in [2.45, 2.75) is 112 Å². The van der Waals surface area contributed by atoms with E-state index in [2.05, 4.69) is 60.6 Å². The summed E-state index contributed by atoms with van der Waals surface area (Å²) < 4.78 is 0. The predicted octanol–water partition coefficient (Wildman–Crippen LogP) is 8.19. The van der Waals surface area contributed by atoms with Crippen molar-refractivity contribution in [3.63, 3.8) is 0 Å². The number of aliphatic hydroxyl groups is 1. The number of aliphatic hydroxyl groups excluding tert-OH is 1. The topological polar surface area (TPSA) is 20.2 Å². The van der Waals surface area contributed by atoms with Crippen LogP contribution in [0.4, 0.5) is 0 Å². The lowest BCUT2D eigenvalue weighted by atomic mass is 9.46. The quantitative estimate of drug-likeness (QED) is 0.439. The van der Waals surface area contributed by atoms with Crippen LogP contribution in [0.25, 0.3) is 0 Å². The SMILES string of the molecule is CC=C(CC[C@@H](C)[C@H]1CC[C@H]2C3=CCC4C(C)C(O)CC[C@]4(C)[C@H]3CC[C@]12C)C(C)C. The van der Waals surface area contributed by atoms with Gasteiger partial charge in [0, 0.05) is 0 Å². The number of fused-ring (bicyclic) bond motifs is 5. The Hall–Kier alpha value is -0.560. The number of allylic oxidation sites excluding steroid dienone is 4. The molecule has 1 N–H and O–H groups in total. The van der Waals surface area contributed by atoms with Gasteiger partial charge < -0.3 is 5.11 Å². The van der Waals surface area contributed by atoms with Crippen LogP contribution in [-0.2, 0) is 0 Å². The molecule has 4 aliphatic rings. The van der Waals surface area contributed by atoms with Crippen LogP contribution in [0.2, 0.25) is 0 Å². The predicted molar refractivity (Wildman–Crippen MR) is 133 cm³/mol. The minimum atomic E-state index is -0.0773. The highest BCUT2D eigenvalue weighted by Gasteiger charge is 2.59. The first-order chi connectivity index (χ1) is 14.6. The second-order valence-electron chi connectivity index (χ2n) is 12.9. The molecule has 3 fully saturated rings. The van der Waals surface area contributed by atoms with E-state index in [4.69, 9.17) is 0 Å². The molecule has 1 nitrogen and oxygen atoms in total. The second kappa shape index (κ2) is 8.66. The van der Waals surface area contributed by atoms with E-state index >= 15 is 0 Å². The van der Waals surface area contributed by atoms with E-state index < -0.39 is 0 Å². The van der Waals surface area contributed by atoms with Crippen molar-refractivity contribution in [3.8, 4) is 0 Å². The summed E-state index contributed by atoms with van der Waals surface area (Å²) in [6.45, 7) is 17.1. The Morgan fingerprint density at radius 2 is 1.74 bits per heavy atom. The average Bonchev–Trinajstić information content (AvgIpc) is 3.08. The van der Waals surface area contributed by atoms with E-state index in [1.165, 1.54) is 51.4 Å². The van der Waals surface area contributed by atoms with Crippen LogP contribution >= 0.6 is 0 Å². The van der Waals surface area contributed by atoms with Gasteiger partial charge in [0.25, 0.3) is 0 Å². The van der Waals surface area contributed by atoms with E-state index in [1.54, 1.807) is 5.57 Å². The average molecular weight is 427 g/mol. The first-order valence-corrected chi connectivity index (χ1v) is 13.7. The number of hydrogen-bond acceptors (Lipinski definition) is 1. The minimum absolute atomic E-state index is 0.0773. The molecule has 0 aromatic rings. The van der Waals surface area contributed by atoms with Gasteiger partial charge in [0.15, 0.2) is 0 Å². The Balaban J connectivity index is 1.51. The molecule has 1 heteroatoms. The summed E-state index contributed by atoms with van der Waals surface area (Å²) in [6, 6.07) is 0. The summed E-state index contributed by atoms with van der Waals surface area (Å²) in [7, 11) is 0. The van der Waals surface area contributed by atoms with Gasteiger partial charge in [-0.15, -0.1) is 0 Å². The summed E-state index contributed by atoms with van der Waals surface area (Å²) in [5, 5.41) is 10.5. The lowest BCUT2D eigenvalue weighted by molar-refractivity contribution is -0.0773. The smallest absolute Gasteiger partial charge is 0.0568 e. The third kappa shape index (κ3) is 3.79. The summed E-state index contributed by atoms with van der Waals surface area (Å²) in [6.07, 6.45) is 16.8. The molecule has 4 rings (SSSR count). The molecular formula is C30H50O. The molecule has 4 aliphatic carbocycles. The molecule has 0 aromatic carbocycles. The van der Waals surface area contributed by atoms with E-state index in [9.17, 15) is 5.11 Å². The van der Waals surface area contributed by atoms with Gasteiger partial charge in [0.2, 0.25) is 0 Å². The van der Waals surface area contributed by atoms with Crippen LogP contribution in [0, 0.1) is 52.3 Å². The first kappa shape index (κ1) is 23.6. The molecule has 0 amide bonds. The van der Waals surface area contributed by atoms with Gasteiger partial charge in [-0.05, 0) is 117 Å². The zero-order chi connectivity index (χ0) is 22.6. The summed E-state index contributed by atoms with van der Waals surface area (Å²) in [4.78, 5) is 0. The van der Waals surface area contributed by atoms with Gasteiger partial charge in [0.05, 0.1) is 6.10 Å². The van der Waals surface area contributed by atoms with Gasteiger partial charge in [0.1, 0.15) is 0 Å². The molecule has 3 saturated carbocycles. The molecule has 9 atom stereocenters. The summed E-state index contributed by atoms with van der Waals surface area (Å²) >= 11 is 0. The highest BCUT2D eigenvalue weighted by atomic mass is 16.3. The summed E-state index contributed by atoms with van der Waals surface area (Å²) in [5.74, 6) is 5.16. The Morgan fingerprint density at radius 1 is 1.06 bits per heavy atom. The van der Waals surface area contributed by atoms with Gasteiger partial charge in [-0.25, -0.2) is 0 Å². The van der Waals surface area contributed by atoms with E-state index in [-0.39, 0.29) is 6.10 Å². The monoisotopic (exact) mass is 426 g/mol. The van der Waals surface area contributed by atoms with Crippen LogP contribution in [-0.4, -0.2) is 11.2 Å². The third-order valence-electron chi connectivity index (χ3n) is 11.3. The van der Waals surface area contributed by atoms with Crippen molar-refractivity contribution in [2.24, 2.45) is 52.3 Å². The minimum Gasteiger partial charge on any atom is -0.393 e. The fourth-order valence-electron chi connectivity index (χ4n) is 9.28. The maximum Gasteiger partial charge on any atom is 0.0568 e. The molecule has 31 heavy (non-hydrogen) atoms. The van der Waals surface area contributed by atoms with Gasteiger partial charge >= 0.3 is 0 Å². The van der Waals surface area contributed by atoms with E-state index in [0.29, 0.717) is 28.6 Å². The van der Waals surface area contributed by atoms with Crippen LogP contribution in [0.3, 0.4) is 0 Å². The van der Waals surface area contributed by atoms with Crippen molar-refractivity contribution < 1.29 is 5.11 Å². The zero-order valence-corrected chi connectivity index (χ0v) is 21.6. The molecule has 176 valence electrons. The maximum absolute atomic E-state index is 10.5. The standard InChI is InChI=1S/C30H50O/c1-8-22(19(2)3)10-9-20(4)24-13-14-26-23-11-12-25-21(5)28(31)16-18-30(25,7)27(23)15-17-29(24,26)6/h8,11,19-21,24-28,31H,9-10,12-18H2,1-7H3/t20-,21?,24-,25?,26+,27+,28?,29-,30+/m1/s1. The molecule has 0 radical (unpaired) electrons. The van der Waals surface area contributed by atoms with Crippen molar-refractivity contribution in [3.05, 3.63) is 23.3 Å². The number of rotatable bonds is 5. The van der Waals surface area contributed by atoms with Gasteiger partial charge in [-0.3, -0.25) is 0 Å². The molecule has 0 aliphatic heterocycles. The Labute approximate surface area is 193 Å². The molecule has 0 spiro atoms. The Bertz CT molecular complexity index is 716. The van der Waals surface area contributed by atoms with Crippen molar-refractivity contribution in [1.82, 2.24) is 0 Å². The van der Waals surface area contributed by atoms with E-state index in [0.717, 1.165) is 30.1 Å². The van der Waals surface area contributed by atoms with Crippen LogP contribution in [0.5, 0.6) is 0 Å². The third-order valence-corrected chi connectivity index (χ3v) is 11.3. The fourth-order valence-corrected chi connectivity index (χ4v) is 9.28. The fraction of sp³-hybridized carbons (Fsp3) is 0.867. The highest BCUT2D eigenvalue weighted by Crippen LogP contribution is 2.67. The van der Waals surface area contributed by atoms with Crippen molar-refractivity contribution in [1.29, 1.82) is 0 Å². The highest BCUT2D eigenvalue weighted by molar-refractivity contribution is 5.28. The van der Waals surface area contributed by atoms with E-state index in [1.807, 2.05) is 5.57 Å². The molecule has 0 aromatic heterocycles. The van der Waals surface area contributed by atoms with Crippen molar-refractivity contribution >= 4 is 0 Å². The molecule has 0 saturated heterocycles. The molecule has 3 unspecified atom stereocenters. The Morgan fingerprint density at radius 3 is 2.42 bits per heavy atom. The lowest BCUT2D eigenvalue weighted by Crippen LogP contribution is -2.52. The Kier molecular flexibility index (Phi) is 6.59. The maximum atomic E-state index is 10.5. The van der Waals surface area contributed by atoms with Crippen LogP contribution in [0.1, 0.15) is 106 Å². The zero-order valence-electron chi connectivity index (χ0n) is 21.6. The van der Waals surface area contributed by atoms with Crippen LogP contribution in [0.15, 0.2) is 23.3 Å². The second-order valence-corrected chi connectivity index (χ2v) is 12.9. The van der Waals surface area contributed by atoms with Gasteiger partial charge in [-0.2, -0.15) is 0 Å². The normalized spacial score (nSPS) is 46.2. The van der Waals surface area contributed by atoms with Gasteiger partial charge in [-0.1, -0.05) is 64.8 Å².